The first-order valence-electron chi connectivity index (χ1n) is 6.22. The van der Waals surface area contributed by atoms with Crippen LogP contribution in [0.5, 0.6) is 0 Å². The van der Waals surface area contributed by atoms with Gasteiger partial charge in [0.15, 0.2) is 0 Å². The molecule has 0 saturated heterocycles. The van der Waals surface area contributed by atoms with Gasteiger partial charge in [0.05, 0.1) is 6.54 Å². The van der Waals surface area contributed by atoms with E-state index < -0.39 is 0 Å². The van der Waals surface area contributed by atoms with Crippen LogP contribution >= 0.6 is 0 Å². The Kier molecular flexibility index (Phi) is 3.99. The van der Waals surface area contributed by atoms with Crippen molar-refractivity contribution in [2.24, 2.45) is 0 Å². The van der Waals surface area contributed by atoms with Gasteiger partial charge >= 0.3 is 0 Å². The minimum absolute atomic E-state index is 0.796. The van der Waals surface area contributed by atoms with E-state index in [2.05, 4.69) is 49.5 Å². The van der Waals surface area contributed by atoms with Crippen molar-refractivity contribution in [1.29, 1.82) is 0 Å². The Bertz CT molecular complexity index is 473. The van der Waals surface area contributed by atoms with Gasteiger partial charge in [0.25, 0.3) is 0 Å². The standard InChI is InChI=1S/C15H19NO/c1-3-12-7-5-6-8-14(12)15-10-9-13(17-15)11-16-4-2/h5-10,16H,3-4,11H2,1-2H3. The Hall–Kier alpha value is -1.54. The Morgan fingerprint density at radius 1 is 1.06 bits per heavy atom. The molecule has 0 atom stereocenters. The van der Waals surface area contributed by atoms with Crippen molar-refractivity contribution >= 4 is 0 Å². The van der Waals surface area contributed by atoms with Crippen molar-refractivity contribution in [3.8, 4) is 11.3 Å². The molecule has 0 amide bonds. The number of benzene rings is 1. The lowest BCUT2D eigenvalue weighted by molar-refractivity contribution is 0.498. The molecule has 0 fully saturated rings. The second-order valence-electron chi connectivity index (χ2n) is 4.06. The molecule has 90 valence electrons. The highest BCUT2D eigenvalue weighted by Gasteiger charge is 2.07. The van der Waals surface area contributed by atoms with Gasteiger partial charge in [-0.15, -0.1) is 0 Å². The Morgan fingerprint density at radius 3 is 2.65 bits per heavy atom. The van der Waals surface area contributed by atoms with Crippen LogP contribution < -0.4 is 5.32 Å². The fourth-order valence-corrected chi connectivity index (χ4v) is 1.93. The van der Waals surface area contributed by atoms with E-state index in [1.54, 1.807) is 0 Å². The van der Waals surface area contributed by atoms with Crippen molar-refractivity contribution in [3.63, 3.8) is 0 Å². The average Bonchev–Trinajstić information content (AvgIpc) is 2.85. The highest BCUT2D eigenvalue weighted by molar-refractivity contribution is 5.62. The van der Waals surface area contributed by atoms with Crippen LogP contribution in [-0.2, 0) is 13.0 Å². The predicted octanol–water partition coefficient (Wildman–Crippen LogP) is 3.62. The Morgan fingerprint density at radius 2 is 1.88 bits per heavy atom. The van der Waals surface area contributed by atoms with Gasteiger partial charge in [-0.1, -0.05) is 38.1 Å². The Labute approximate surface area is 103 Å². The van der Waals surface area contributed by atoms with Crippen LogP contribution in [0.3, 0.4) is 0 Å². The average molecular weight is 229 g/mol. The summed E-state index contributed by atoms with van der Waals surface area (Å²) in [6.07, 6.45) is 1.03. The van der Waals surface area contributed by atoms with Crippen LogP contribution in [0.15, 0.2) is 40.8 Å². The minimum Gasteiger partial charge on any atom is -0.460 e. The van der Waals surface area contributed by atoms with Crippen LogP contribution in [0, 0.1) is 0 Å². The fourth-order valence-electron chi connectivity index (χ4n) is 1.93. The molecule has 1 heterocycles. The maximum Gasteiger partial charge on any atom is 0.134 e. The largest absolute Gasteiger partial charge is 0.460 e. The first-order valence-corrected chi connectivity index (χ1v) is 6.22. The number of rotatable bonds is 5. The summed E-state index contributed by atoms with van der Waals surface area (Å²) >= 11 is 0. The number of aryl methyl sites for hydroxylation is 1. The van der Waals surface area contributed by atoms with E-state index in [0.29, 0.717) is 0 Å². The van der Waals surface area contributed by atoms with Crippen LogP contribution in [0.4, 0.5) is 0 Å². The maximum atomic E-state index is 5.85. The highest BCUT2D eigenvalue weighted by Crippen LogP contribution is 2.26. The van der Waals surface area contributed by atoms with Crippen LogP contribution in [0.25, 0.3) is 11.3 Å². The molecule has 0 saturated carbocycles. The first-order chi connectivity index (χ1) is 8.35. The molecular formula is C15H19NO. The summed E-state index contributed by atoms with van der Waals surface area (Å²) in [6, 6.07) is 12.5. The second kappa shape index (κ2) is 5.69. The monoisotopic (exact) mass is 229 g/mol. The van der Waals surface area contributed by atoms with E-state index in [1.165, 1.54) is 11.1 Å². The van der Waals surface area contributed by atoms with Crippen LogP contribution in [0.2, 0.25) is 0 Å². The first kappa shape index (κ1) is 11.9. The zero-order valence-corrected chi connectivity index (χ0v) is 10.5. The summed E-state index contributed by atoms with van der Waals surface area (Å²) in [6.45, 7) is 6.02. The van der Waals surface area contributed by atoms with E-state index in [-0.39, 0.29) is 0 Å². The van der Waals surface area contributed by atoms with E-state index >= 15 is 0 Å². The number of furan rings is 1. The van der Waals surface area contributed by atoms with Crippen LogP contribution in [0.1, 0.15) is 25.2 Å². The molecule has 2 aromatic rings. The van der Waals surface area contributed by atoms with E-state index in [9.17, 15) is 0 Å². The molecule has 0 spiro atoms. The minimum atomic E-state index is 0.796. The number of hydrogen-bond acceptors (Lipinski definition) is 2. The molecule has 1 aromatic carbocycles. The third-order valence-corrected chi connectivity index (χ3v) is 2.87. The van der Waals surface area contributed by atoms with Crippen molar-refractivity contribution in [2.45, 2.75) is 26.8 Å². The molecule has 2 heteroatoms. The number of hydrogen-bond donors (Lipinski definition) is 1. The lowest BCUT2D eigenvalue weighted by Crippen LogP contribution is -2.10. The molecule has 0 bridgehead atoms. The van der Waals surface area contributed by atoms with Gasteiger partial charge in [-0.05, 0) is 30.7 Å². The Balaban J connectivity index is 2.24. The van der Waals surface area contributed by atoms with E-state index in [0.717, 1.165) is 31.0 Å². The summed E-state index contributed by atoms with van der Waals surface area (Å²) in [5.41, 5.74) is 2.54. The SMILES string of the molecule is CCNCc1ccc(-c2ccccc2CC)o1. The van der Waals surface area contributed by atoms with Gasteiger partial charge in [0.2, 0.25) is 0 Å². The lowest BCUT2D eigenvalue weighted by atomic mass is 10.0. The normalized spacial score (nSPS) is 10.7. The molecule has 2 nitrogen and oxygen atoms in total. The molecule has 0 aliphatic carbocycles. The predicted molar refractivity (Wildman–Crippen MR) is 70.9 cm³/mol. The van der Waals surface area contributed by atoms with Gasteiger partial charge in [0.1, 0.15) is 11.5 Å². The fraction of sp³-hybridized carbons (Fsp3) is 0.333. The summed E-state index contributed by atoms with van der Waals surface area (Å²) in [7, 11) is 0. The molecule has 0 aliphatic heterocycles. The highest BCUT2D eigenvalue weighted by atomic mass is 16.3. The quantitative estimate of drug-likeness (QED) is 0.847. The smallest absolute Gasteiger partial charge is 0.134 e. The van der Waals surface area contributed by atoms with Crippen molar-refractivity contribution in [2.75, 3.05) is 6.54 Å². The second-order valence-corrected chi connectivity index (χ2v) is 4.06. The van der Waals surface area contributed by atoms with Crippen molar-refractivity contribution < 1.29 is 4.42 Å². The molecular weight excluding hydrogens is 210 g/mol. The maximum absolute atomic E-state index is 5.85. The molecule has 1 N–H and O–H groups in total. The molecule has 17 heavy (non-hydrogen) atoms. The third kappa shape index (κ3) is 2.77. The summed E-state index contributed by atoms with van der Waals surface area (Å²) in [4.78, 5) is 0. The molecule has 0 radical (unpaired) electrons. The van der Waals surface area contributed by atoms with E-state index in [1.807, 2.05) is 6.07 Å². The van der Waals surface area contributed by atoms with E-state index in [4.69, 9.17) is 4.42 Å². The van der Waals surface area contributed by atoms with Crippen molar-refractivity contribution in [3.05, 3.63) is 47.7 Å². The number of nitrogens with one attached hydrogen (secondary N) is 1. The molecule has 2 rings (SSSR count). The van der Waals surface area contributed by atoms with Gasteiger partial charge in [-0.25, -0.2) is 0 Å². The van der Waals surface area contributed by atoms with Gasteiger partial charge in [-0.3, -0.25) is 0 Å². The molecule has 1 aromatic heterocycles. The van der Waals surface area contributed by atoms with Gasteiger partial charge in [-0.2, -0.15) is 0 Å². The van der Waals surface area contributed by atoms with Gasteiger partial charge in [0, 0.05) is 5.56 Å². The molecule has 0 unspecified atom stereocenters. The topological polar surface area (TPSA) is 25.2 Å². The summed E-state index contributed by atoms with van der Waals surface area (Å²) in [5, 5.41) is 3.26. The third-order valence-electron chi connectivity index (χ3n) is 2.87. The zero-order chi connectivity index (χ0) is 12.1. The summed E-state index contributed by atoms with van der Waals surface area (Å²) < 4.78 is 5.85. The zero-order valence-electron chi connectivity index (χ0n) is 10.5. The van der Waals surface area contributed by atoms with Crippen LogP contribution in [-0.4, -0.2) is 6.54 Å². The summed E-state index contributed by atoms with van der Waals surface area (Å²) in [5.74, 6) is 1.96. The lowest BCUT2D eigenvalue weighted by Gasteiger charge is -2.04. The molecule has 0 aliphatic rings. The van der Waals surface area contributed by atoms with Crippen molar-refractivity contribution in [1.82, 2.24) is 5.32 Å². The van der Waals surface area contributed by atoms with Gasteiger partial charge < -0.3 is 9.73 Å².